The van der Waals surface area contributed by atoms with E-state index in [2.05, 4.69) is 25.8 Å². The van der Waals surface area contributed by atoms with Crippen molar-refractivity contribution in [2.45, 2.75) is 13.2 Å². The minimum absolute atomic E-state index is 0.128. The molecule has 0 amide bonds. The molecule has 25 heavy (non-hydrogen) atoms. The number of nitrogens with one attached hydrogen (secondary N) is 1. The van der Waals surface area contributed by atoms with Crippen LogP contribution >= 0.6 is 11.3 Å². The minimum atomic E-state index is -0.128. The number of anilines is 1. The van der Waals surface area contributed by atoms with Crippen molar-refractivity contribution in [2.75, 3.05) is 5.32 Å². The van der Waals surface area contributed by atoms with E-state index in [1.807, 2.05) is 41.1 Å². The molecule has 2 N–H and O–H groups in total. The number of aliphatic hydroxyl groups is 1. The molecular formula is C16H14N6O2S. The summed E-state index contributed by atoms with van der Waals surface area (Å²) in [5, 5.41) is 28.0. The van der Waals surface area contributed by atoms with Crippen molar-refractivity contribution in [1.82, 2.24) is 25.1 Å². The Morgan fingerprint density at radius 2 is 2.08 bits per heavy atom. The third kappa shape index (κ3) is 3.42. The molecule has 3 aromatic heterocycles. The number of nitrogens with zero attached hydrogens (tertiary/aromatic N) is 5. The van der Waals surface area contributed by atoms with Crippen LogP contribution in [0.2, 0.25) is 0 Å². The van der Waals surface area contributed by atoms with Gasteiger partial charge in [-0.15, -0.1) is 5.10 Å². The van der Waals surface area contributed by atoms with Crippen LogP contribution in [0.25, 0.3) is 17.1 Å². The zero-order chi connectivity index (χ0) is 17.1. The van der Waals surface area contributed by atoms with Crippen molar-refractivity contribution < 1.29 is 9.63 Å². The summed E-state index contributed by atoms with van der Waals surface area (Å²) in [5.74, 6) is 1.12. The molecule has 0 unspecified atom stereocenters. The molecule has 126 valence electrons. The Morgan fingerprint density at radius 3 is 2.80 bits per heavy atom. The molecule has 9 heteroatoms. The Morgan fingerprint density at radius 1 is 1.20 bits per heavy atom. The summed E-state index contributed by atoms with van der Waals surface area (Å²) >= 11 is 1.59. The number of thiophene rings is 1. The van der Waals surface area contributed by atoms with Gasteiger partial charge in [0.1, 0.15) is 5.69 Å². The highest BCUT2D eigenvalue weighted by molar-refractivity contribution is 7.08. The first kappa shape index (κ1) is 15.5. The lowest BCUT2D eigenvalue weighted by Crippen LogP contribution is -2.00. The summed E-state index contributed by atoms with van der Waals surface area (Å²) in [7, 11) is 0. The van der Waals surface area contributed by atoms with Gasteiger partial charge in [-0.05, 0) is 35.7 Å². The zero-order valence-electron chi connectivity index (χ0n) is 13.0. The van der Waals surface area contributed by atoms with E-state index in [1.165, 1.54) is 0 Å². The fraction of sp³-hybridized carbons (Fsp3) is 0.125. The van der Waals surface area contributed by atoms with Gasteiger partial charge in [-0.2, -0.15) is 16.3 Å². The van der Waals surface area contributed by atoms with Crippen LogP contribution in [0.15, 0.2) is 51.8 Å². The van der Waals surface area contributed by atoms with Crippen LogP contribution in [0, 0.1) is 0 Å². The Kier molecular flexibility index (Phi) is 4.23. The second kappa shape index (κ2) is 6.83. The number of rotatable bonds is 6. The van der Waals surface area contributed by atoms with Crippen molar-refractivity contribution in [3.8, 4) is 17.1 Å². The number of aliphatic hydroxyl groups excluding tert-OH is 1. The zero-order valence-corrected chi connectivity index (χ0v) is 13.8. The van der Waals surface area contributed by atoms with Gasteiger partial charge >= 0.3 is 0 Å². The summed E-state index contributed by atoms with van der Waals surface area (Å²) < 4.78 is 6.86. The molecule has 8 nitrogen and oxygen atoms in total. The van der Waals surface area contributed by atoms with Crippen molar-refractivity contribution in [1.29, 1.82) is 0 Å². The summed E-state index contributed by atoms with van der Waals surface area (Å²) in [6.07, 6.45) is 1.69. The van der Waals surface area contributed by atoms with Gasteiger partial charge in [0.05, 0.1) is 25.0 Å². The lowest BCUT2D eigenvalue weighted by atomic mass is 10.3. The summed E-state index contributed by atoms with van der Waals surface area (Å²) in [6, 6.07) is 9.61. The van der Waals surface area contributed by atoms with Crippen LogP contribution in [-0.2, 0) is 13.2 Å². The molecule has 0 saturated carbocycles. The molecule has 4 aromatic rings. The highest BCUT2D eigenvalue weighted by atomic mass is 32.1. The molecule has 1 aromatic carbocycles. The fourth-order valence-electron chi connectivity index (χ4n) is 2.24. The number of benzene rings is 1. The fourth-order valence-corrected chi connectivity index (χ4v) is 2.88. The van der Waals surface area contributed by atoms with E-state index in [1.54, 1.807) is 22.2 Å². The summed E-state index contributed by atoms with van der Waals surface area (Å²) in [6.45, 7) is 0.311. The second-order valence-electron chi connectivity index (χ2n) is 5.24. The first-order valence-corrected chi connectivity index (χ1v) is 8.47. The maximum absolute atomic E-state index is 9.04. The maximum atomic E-state index is 9.04. The van der Waals surface area contributed by atoms with Gasteiger partial charge in [-0.25, -0.2) is 4.68 Å². The molecular weight excluding hydrogens is 340 g/mol. The van der Waals surface area contributed by atoms with Crippen LogP contribution in [0.5, 0.6) is 0 Å². The first-order chi connectivity index (χ1) is 12.3. The van der Waals surface area contributed by atoms with E-state index < -0.39 is 0 Å². The predicted molar refractivity (Wildman–Crippen MR) is 92.2 cm³/mol. The van der Waals surface area contributed by atoms with Crippen LogP contribution in [0.1, 0.15) is 11.6 Å². The van der Waals surface area contributed by atoms with Crippen LogP contribution in [-0.4, -0.2) is 30.2 Å². The van der Waals surface area contributed by atoms with Gasteiger partial charge in [0.25, 0.3) is 0 Å². The van der Waals surface area contributed by atoms with Gasteiger partial charge in [-0.3, -0.25) is 0 Å². The Hall–Kier alpha value is -3.04. The normalized spacial score (nSPS) is 10.9. The first-order valence-electron chi connectivity index (χ1n) is 7.53. The Labute approximate surface area is 146 Å². The standard InChI is InChI=1S/C16H14N6O2S/c23-9-13-8-22(21-19-13)14-3-1-12(2-4-14)17-7-15-18-16(20-24-15)11-5-6-25-10-11/h1-6,8,10,17,23H,7,9H2. The van der Waals surface area contributed by atoms with Crippen molar-refractivity contribution in [2.24, 2.45) is 0 Å². The van der Waals surface area contributed by atoms with Gasteiger partial charge in [0.2, 0.25) is 11.7 Å². The molecule has 3 heterocycles. The van der Waals surface area contributed by atoms with Gasteiger partial charge in [0.15, 0.2) is 0 Å². The highest BCUT2D eigenvalue weighted by Gasteiger charge is 2.08. The van der Waals surface area contributed by atoms with Crippen molar-refractivity contribution in [3.63, 3.8) is 0 Å². The molecule has 0 spiro atoms. The molecule has 0 atom stereocenters. The SMILES string of the molecule is OCc1cn(-c2ccc(NCc3nc(-c4ccsc4)no3)cc2)nn1. The smallest absolute Gasteiger partial charge is 0.246 e. The molecule has 0 saturated heterocycles. The van der Waals surface area contributed by atoms with Crippen molar-refractivity contribution >= 4 is 17.0 Å². The lowest BCUT2D eigenvalue weighted by molar-refractivity contribution is 0.276. The summed E-state index contributed by atoms with van der Waals surface area (Å²) in [4.78, 5) is 4.37. The largest absolute Gasteiger partial charge is 0.390 e. The molecule has 0 bridgehead atoms. The third-order valence-electron chi connectivity index (χ3n) is 3.53. The van der Waals surface area contributed by atoms with Crippen LogP contribution < -0.4 is 5.32 Å². The van der Waals surface area contributed by atoms with E-state index in [4.69, 9.17) is 9.63 Å². The lowest BCUT2D eigenvalue weighted by Gasteiger charge is -2.05. The Balaban J connectivity index is 1.40. The monoisotopic (exact) mass is 354 g/mol. The molecule has 0 aliphatic heterocycles. The van der Waals surface area contributed by atoms with Gasteiger partial charge in [-0.1, -0.05) is 10.4 Å². The topological polar surface area (TPSA) is 102 Å². The average Bonchev–Trinajstić information content (AvgIpc) is 3.41. The second-order valence-corrected chi connectivity index (χ2v) is 6.02. The van der Waals surface area contributed by atoms with Gasteiger partial charge in [0, 0.05) is 16.6 Å². The van der Waals surface area contributed by atoms with E-state index >= 15 is 0 Å². The third-order valence-corrected chi connectivity index (χ3v) is 4.21. The average molecular weight is 354 g/mol. The van der Waals surface area contributed by atoms with Gasteiger partial charge < -0.3 is 14.9 Å². The number of hydrogen-bond acceptors (Lipinski definition) is 8. The predicted octanol–water partition coefficient (Wildman–Crippen LogP) is 2.48. The highest BCUT2D eigenvalue weighted by Crippen LogP contribution is 2.19. The molecule has 0 aliphatic carbocycles. The van der Waals surface area contributed by atoms with E-state index in [0.717, 1.165) is 16.9 Å². The quantitative estimate of drug-likeness (QED) is 0.548. The maximum Gasteiger partial charge on any atom is 0.246 e. The Bertz CT molecular complexity index is 945. The molecule has 0 fully saturated rings. The van der Waals surface area contributed by atoms with E-state index in [-0.39, 0.29) is 6.61 Å². The van der Waals surface area contributed by atoms with E-state index in [0.29, 0.717) is 24.0 Å². The number of aromatic nitrogens is 5. The number of hydrogen-bond donors (Lipinski definition) is 2. The molecule has 0 radical (unpaired) electrons. The van der Waals surface area contributed by atoms with Crippen molar-refractivity contribution in [3.05, 3.63) is 58.9 Å². The molecule has 0 aliphatic rings. The summed E-state index contributed by atoms with van der Waals surface area (Å²) in [5.41, 5.74) is 3.26. The van der Waals surface area contributed by atoms with Crippen LogP contribution in [0.3, 0.4) is 0 Å². The molecule has 4 rings (SSSR count). The van der Waals surface area contributed by atoms with E-state index in [9.17, 15) is 0 Å². The van der Waals surface area contributed by atoms with Crippen LogP contribution in [0.4, 0.5) is 5.69 Å². The minimum Gasteiger partial charge on any atom is -0.390 e.